The van der Waals surface area contributed by atoms with E-state index in [4.69, 9.17) is 29.9 Å². The van der Waals surface area contributed by atoms with Gasteiger partial charge in [0.15, 0.2) is 23.3 Å². The third-order valence-electron chi connectivity index (χ3n) is 12.4. The summed E-state index contributed by atoms with van der Waals surface area (Å²) < 4.78 is 0. The minimum absolute atomic E-state index is 0.356. The Labute approximate surface area is 404 Å². The molecule has 0 saturated heterocycles. The van der Waals surface area contributed by atoms with Gasteiger partial charge in [0.2, 0.25) is 11.9 Å². The first-order valence-electron chi connectivity index (χ1n) is 23.3. The zero-order chi connectivity index (χ0) is 47.6. The molecule has 0 aliphatic rings. The van der Waals surface area contributed by atoms with Crippen molar-refractivity contribution < 1.29 is 0 Å². The van der Waals surface area contributed by atoms with Crippen LogP contribution in [0.4, 0.5) is 34.6 Å². The van der Waals surface area contributed by atoms with Gasteiger partial charge in [0.05, 0.1) is 17.1 Å². The van der Waals surface area contributed by atoms with Gasteiger partial charge < -0.3 is 4.90 Å². The van der Waals surface area contributed by atoms with Crippen LogP contribution < -0.4 is 9.80 Å². The number of rotatable bonds is 11. The Balaban J connectivity index is 1.26. The van der Waals surface area contributed by atoms with Gasteiger partial charge in [0, 0.05) is 27.9 Å². The van der Waals surface area contributed by atoms with E-state index in [9.17, 15) is 0 Å². The zero-order valence-corrected chi connectivity index (χ0v) is 40.0. The first kappa shape index (κ1) is 44.2. The van der Waals surface area contributed by atoms with Crippen molar-refractivity contribution in [1.29, 1.82) is 0 Å². The van der Waals surface area contributed by atoms with Gasteiger partial charge in [0.25, 0.3) is 0 Å². The molecular formula is C61H52N8. The summed E-state index contributed by atoms with van der Waals surface area (Å²) in [6.07, 6.45) is 0. The average molecular weight is 897 g/mol. The summed E-state index contributed by atoms with van der Waals surface area (Å²) in [6, 6.07) is 64.4. The number of hydrogen-bond acceptors (Lipinski definition) is 8. The number of benzene rings is 8. The lowest BCUT2D eigenvalue weighted by molar-refractivity contribution is 0.961. The maximum Gasteiger partial charge on any atom is 0.241 e. The molecule has 0 bridgehead atoms. The van der Waals surface area contributed by atoms with Crippen molar-refractivity contribution in [2.24, 2.45) is 0 Å². The monoisotopic (exact) mass is 896 g/mol. The van der Waals surface area contributed by atoms with Crippen LogP contribution in [0.1, 0.15) is 38.9 Å². The number of hydrogen-bond donors (Lipinski definition) is 0. The largest absolute Gasteiger partial charge is 0.309 e. The molecule has 0 spiro atoms. The molecule has 336 valence electrons. The fourth-order valence-electron chi connectivity index (χ4n) is 9.50. The lowest BCUT2D eigenvalue weighted by Gasteiger charge is -2.33. The van der Waals surface area contributed by atoms with E-state index in [0.717, 1.165) is 61.7 Å². The molecule has 0 aliphatic heterocycles. The second-order valence-electron chi connectivity index (χ2n) is 17.7. The summed E-state index contributed by atoms with van der Waals surface area (Å²) in [4.78, 5) is 36.1. The minimum Gasteiger partial charge on any atom is -0.309 e. The van der Waals surface area contributed by atoms with Gasteiger partial charge >= 0.3 is 0 Å². The number of aryl methyl sites for hydroxylation is 7. The van der Waals surface area contributed by atoms with E-state index in [0.29, 0.717) is 35.2 Å². The molecule has 69 heavy (non-hydrogen) atoms. The normalized spacial score (nSPS) is 11.1. The average Bonchev–Trinajstić information content (AvgIpc) is 3.37. The van der Waals surface area contributed by atoms with Gasteiger partial charge in [-0.1, -0.05) is 181 Å². The number of anilines is 6. The summed E-state index contributed by atoms with van der Waals surface area (Å²) in [5.41, 5.74) is 17.8. The molecule has 0 fully saturated rings. The van der Waals surface area contributed by atoms with E-state index in [1.807, 2.05) is 126 Å². The van der Waals surface area contributed by atoms with Crippen LogP contribution in [0.2, 0.25) is 0 Å². The van der Waals surface area contributed by atoms with Crippen LogP contribution >= 0.6 is 0 Å². The van der Waals surface area contributed by atoms with E-state index in [1.165, 1.54) is 33.4 Å². The summed E-state index contributed by atoms with van der Waals surface area (Å²) in [6.45, 7) is 15.3. The summed E-state index contributed by atoms with van der Waals surface area (Å²) >= 11 is 0. The molecule has 10 aromatic rings. The Kier molecular flexibility index (Phi) is 12.1. The molecule has 0 amide bonds. The van der Waals surface area contributed by atoms with Crippen molar-refractivity contribution in [3.63, 3.8) is 0 Å². The molecular weight excluding hydrogens is 845 g/mol. The molecule has 8 heteroatoms. The van der Waals surface area contributed by atoms with Gasteiger partial charge in [-0.25, -0.2) is 14.9 Å². The van der Waals surface area contributed by atoms with Crippen LogP contribution in [0.5, 0.6) is 0 Å². The predicted molar refractivity (Wildman–Crippen MR) is 283 cm³/mol. The third-order valence-corrected chi connectivity index (χ3v) is 12.4. The molecule has 0 N–H and O–H groups in total. The fraction of sp³-hybridized carbons (Fsp3) is 0.115. The fourth-order valence-corrected chi connectivity index (χ4v) is 9.50. The van der Waals surface area contributed by atoms with Gasteiger partial charge in [-0.15, -0.1) is 0 Å². The lowest BCUT2D eigenvalue weighted by Crippen LogP contribution is -2.20. The van der Waals surface area contributed by atoms with Crippen LogP contribution in [0.3, 0.4) is 0 Å². The highest BCUT2D eigenvalue weighted by molar-refractivity contribution is 5.87. The second kappa shape index (κ2) is 18.9. The summed E-state index contributed by atoms with van der Waals surface area (Å²) in [5.74, 6) is 2.78. The van der Waals surface area contributed by atoms with Crippen molar-refractivity contribution in [3.8, 4) is 56.7 Å². The molecule has 8 nitrogen and oxygen atoms in total. The van der Waals surface area contributed by atoms with Crippen molar-refractivity contribution in [2.45, 2.75) is 48.5 Å². The zero-order valence-electron chi connectivity index (χ0n) is 40.0. The van der Waals surface area contributed by atoms with Crippen LogP contribution in [0, 0.1) is 48.5 Å². The maximum atomic E-state index is 5.42. The Bertz CT molecular complexity index is 3310. The smallest absolute Gasteiger partial charge is 0.241 e. The minimum atomic E-state index is 0.356. The van der Waals surface area contributed by atoms with E-state index in [-0.39, 0.29) is 0 Å². The van der Waals surface area contributed by atoms with E-state index in [1.54, 1.807) is 0 Å². The summed E-state index contributed by atoms with van der Waals surface area (Å²) in [5, 5.41) is 0. The highest BCUT2D eigenvalue weighted by Crippen LogP contribution is 2.45. The van der Waals surface area contributed by atoms with Crippen LogP contribution in [0.25, 0.3) is 56.7 Å². The van der Waals surface area contributed by atoms with Gasteiger partial charge in [0.1, 0.15) is 0 Å². The van der Waals surface area contributed by atoms with Crippen LogP contribution in [-0.4, -0.2) is 29.9 Å². The predicted octanol–water partition coefficient (Wildman–Crippen LogP) is 15.5. The van der Waals surface area contributed by atoms with Crippen LogP contribution in [0.15, 0.2) is 188 Å². The molecule has 2 aromatic heterocycles. The molecule has 0 saturated carbocycles. The van der Waals surface area contributed by atoms with Crippen molar-refractivity contribution >= 4 is 34.6 Å². The Morgan fingerprint density at radius 2 is 0.652 bits per heavy atom. The lowest BCUT2D eigenvalue weighted by atomic mass is 9.98. The first-order valence-corrected chi connectivity index (χ1v) is 23.3. The standard InChI is InChI=1S/C61H52N8/c1-39-34-42(4)54(43(5)35-39)68(55-44(6)36-40(2)37-45(55)7)50-32-33-53(41(3)38-50)69(60-64-56(47-24-14-9-15-25-47)62-57(65-60)48-26-16-10-17-27-48)61-66-58(49-28-18-11-19-29-49)63-59(67-61)52-31-21-20-30-51(52)46-22-12-8-13-23-46/h8-38H,1-7H3. The van der Waals surface area contributed by atoms with Crippen molar-refractivity contribution in [2.75, 3.05) is 9.80 Å². The van der Waals surface area contributed by atoms with Crippen molar-refractivity contribution in [1.82, 2.24) is 29.9 Å². The van der Waals surface area contributed by atoms with Crippen molar-refractivity contribution in [3.05, 3.63) is 227 Å². The van der Waals surface area contributed by atoms with Gasteiger partial charge in [-0.05, 0) is 106 Å². The Morgan fingerprint density at radius 1 is 0.290 bits per heavy atom. The second-order valence-corrected chi connectivity index (χ2v) is 17.7. The Hall–Kier alpha value is -8.62. The maximum absolute atomic E-state index is 5.42. The molecule has 2 heterocycles. The quantitative estimate of drug-likeness (QED) is 0.127. The highest BCUT2D eigenvalue weighted by atomic mass is 15.4. The van der Waals surface area contributed by atoms with E-state index < -0.39 is 0 Å². The summed E-state index contributed by atoms with van der Waals surface area (Å²) in [7, 11) is 0. The molecule has 0 unspecified atom stereocenters. The molecule has 0 atom stereocenters. The molecule has 10 rings (SSSR count). The van der Waals surface area contributed by atoms with E-state index >= 15 is 0 Å². The highest BCUT2D eigenvalue weighted by Gasteiger charge is 2.28. The van der Waals surface area contributed by atoms with Gasteiger partial charge in [-0.3, -0.25) is 0 Å². The van der Waals surface area contributed by atoms with Gasteiger partial charge in [-0.2, -0.15) is 19.9 Å². The van der Waals surface area contributed by atoms with Crippen LogP contribution in [-0.2, 0) is 0 Å². The third kappa shape index (κ3) is 9.00. The Morgan fingerprint density at radius 3 is 1.07 bits per heavy atom. The number of aromatic nitrogens is 6. The van der Waals surface area contributed by atoms with E-state index in [2.05, 4.69) is 120 Å². The SMILES string of the molecule is Cc1cc(C)c(N(c2ccc(N(c3nc(-c4ccccc4)nc(-c4ccccc4)n3)c3nc(-c4ccccc4)nc(-c4ccccc4-c4ccccc4)n3)c(C)c2)c2c(C)cc(C)cc2C)c(C)c1. The molecule has 0 radical (unpaired) electrons. The molecule has 8 aromatic carbocycles. The topological polar surface area (TPSA) is 83.8 Å². The first-order chi connectivity index (χ1) is 33.6. The number of nitrogens with zero attached hydrogens (tertiary/aromatic N) is 8. The molecule has 0 aliphatic carbocycles.